The molecule has 3 nitrogen and oxygen atoms in total. The Morgan fingerprint density at radius 3 is 2.55 bits per heavy atom. The van der Waals surface area contributed by atoms with Gasteiger partial charge in [0.25, 0.3) is 0 Å². The molecule has 0 radical (unpaired) electrons. The van der Waals surface area contributed by atoms with Gasteiger partial charge in [-0.05, 0) is 57.7 Å². The third-order valence-corrected chi connectivity index (χ3v) is 5.26. The van der Waals surface area contributed by atoms with E-state index in [-0.39, 0.29) is 0 Å². The molecule has 0 spiro atoms. The Morgan fingerprint density at radius 1 is 1.05 bits per heavy atom. The van der Waals surface area contributed by atoms with Crippen LogP contribution < -0.4 is 5.32 Å². The molecule has 1 aliphatic heterocycles. The lowest BCUT2D eigenvalue weighted by molar-refractivity contribution is 0.152. The molecule has 2 fully saturated rings. The largest absolute Gasteiger partial charge is 0.314 e. The highest BCUT2D eigenvalue weighted by Gasteiger charge is 2.23. The standard InChI is InChI=1S/C17H35N3/c1-17(2)8-4-6-16(7-9-17)18-10-5-11-20-14-12-19(3)13-15-20/h16,18H,4-15H2,1-3H3. The van der Waals surface area contributed by atoms with Crippen molar-refractivity contribution in [3.63, 3.8) is 0 Å². The van der Waals surface area contributed by atoms with Gasteiger partial charge in [0.1, 0.15) is 0 Å². The molecule has 3 heteroatoms. The molecule has 20 heavy (non-hydrogen) atoms. The zero-order chi connectivity index (χ0) is 14.4. The van der Waals surface area contributed by atoms with E-state index >= 15 is 0 Å². The Bertz CT molecular complexity index is 269. The Labute approximate surface area is 126 Å². The molecule has 2 rings (SSSR count). The molecule has 0 bridgehead atoms. The van der Waals surface area contributed by atoms with Crippen molar-refractivity contribution in [2.24, 2.45) is 5.41 Å². The summed E-state index contributed by atoms with van der Waals surface area (Å²) >= 11 is 0. The van der Waals surface area contributed by atoms with Crippen molar-refractivity contribution in [2.75, 3.05) is 46.3 Å². The molecule has 118 valence electrons. The van der Waals surface area contributed by atoms with E-state index in [4.69, 9.17) is 0 Å². The summed E-state index contributed by atoms with van der Waals surface area (Å²) in [6.07, 6.45) is 8.28. The average Bonchev–Trinajstić information content (AvgIpc) is 2.58. The van der Waals surface area contributed by atoms with Crippen LogP contribution in [-0.4, -0.2) is 62.2 Å². The summed E-state index contributed by atoms with van der Waals surface area (Å²) in [6.45, 7) is 12.3. The zero-order valence-corrected chi connectivity index (χ0v) is 14.0. The van der Waals surface area contributed by atoms with Gasteiger partial charge in [0.15, 0.2) is 0 Å². The fourth-order valence-electron chi connectivity index (χ4n) is 3.55. The van der Waals surface area contributed by atoms with Gasteiger partial charge < -0.3 is 15.1 Å². The van der Waals surface area contributed by atoms with Crippen molar-refractivity contribution in [2.45, 2.75) is 58.4 Å². The Morgan fingerprint density at radius 2 is 1.80 bits per heavy atom. The molecule has 1 aliphatic carbocycles. The summed E-state index contributed by atoms with van der Waals surface area (Å²) < 4.78 is 0. The summed E-state index contributed by atoms with van der Waals surface area (Å²) in [5.74, 6) is 0. The molecule has 0 aromatic heterocycles. The van der Waals surface area contributed by atoms with Crippen molar-refractivity contribution in [3.05, 3.63) is 0 Å². The average molecular weight is 281 g/mol. The SMILES string of the molecule is CN1CCN(CCCNC2CCCC(C)(C)CC2)CC1. The van der Waals surface area contributed by atoms with Crippen LogP contribution in [0.5, 0.6) is 0 Å². The van der Waals surface area contributed by atoms with Crippen molar-refractivity contribution in [1.82, 2.24) is 15.1 Å². The minimum atomic E-state index is 0.580. The van der Waals surface area contributed by atoms with E-state index in [0.29, 0.717) is 5.41 Å². The molecule has 1 unspecified atom stereocenters. The first-order chi connectivity index (χ1) is 9.55. The number of piperazine rings is 1. The van der Waals surface area contributed by atoms with Gasteiger partial charge in [-0.25, -0.2) is 0 Å². The van der Waals surface area contributed by atoms with Gasteiger partial charge in [-0.1, -0.05) is 20.3 Å². The summed E-state index contributed by atoms with van der Waals surface area (Å²) in [5.41, 5.74) is 0.580. The van der Waals surface area contributed by atoms with Crippen LogP contribution in [-0.2, 0) is 0 Å². The third-order valence-electron chi connectivity index (χ3n) is 5.26. The molecule has 0 aromatic rings. The van der Waals surface area contributed by atoms with Crippen LogP contribution in [0.25, 0.3) is 0 Å². The number of likely N-dealkylation sites (N-methyl/N-ethyl adjacent to an activating group) is 1. The fraction of sp³-hybridized carbons (Fsp3) is 1.00. The second-order valence-corrected chi connectivity index (χ2v) is 7.74. The molecule has 2 aliphatic rings. The quantitative estimate of drug-likeness (QED) is 0.617. The maximum atomic E-state index is 3.81. The number of nitrogens with one attached hydrogen (secondary N) is 1. The Hall–Kier alpha value is -0.120. The highest BCUT2D eigenvalue weighted by molar-refractivity contribution is 4.79. The number of nitrogens with zero attached hydrogens (tertiary/aromatic N) is 2. The van der Waals surface area contributed by atoms with Crippen molar-refractivity contribution < 1.29 is 0 Å². The van der Waals surface area contributed by atoms with Crippen molar-refractivity contribution in [1.29, 1.82) is 0 Å². The van der Waals surface area contributed by atoms with Crippen molar-refractivity contribution >= 4 is 0 Å². The van der Waals surface area contributed by atoms with Crippen LogP contribution >= 0.6 is 0 Å². The van der Waals surface area contributed by atoms with Gasteiger partial charge in [-0.2, -0.15) is 0 Å². The summed E-state index contributed by atoms with van der Waals surface area (Å²) in [7, 11) is 2.23. The van der Waals surface area contributed by atoms with Crippen molar-refractivity contribution in [3.8, 4) is 0 Å². The summed E-state index contributed by atoms with van der Waals surface area (Å²) in [6, 6.07) is 0.782. The molecule has 1 N–H and O–H groups in total. The predicted octanol–water partition coefficient (Wildman–Crippen LogP) is 2.57. The van der Waals surface area contributed by atoms with E-state index in [2.05, 4.69) is 36.0 Å². The van der Waals surface area contributed by atoms with Crippen LogP contribution in [0, 0.1) is 5.41 Å². The van der Waals surface area contributed by atoms with E-state index in [9.17, 15) is 0 Å². The predicted molar refractivity (Wildman–Crippen MR) is 87.2 cm³/mol. The van der Waals surface area contributed by atoms with E-state index in [0.717, 1.165) is 6.04 Å². The topological polar surface area (TPSA) is 18.5 Å². The maximum Gasteiger partial charge on any atom is 0.0110 e. The molecule has 0 aromatic carbocycles. The van der Waals surface area contributed by atoms with Crippen LogP contribution in [0.4, 0.5) is 0 Å². The monoisotopic (exact) mass is 281 g/mol. The molecule has 1 saturated carbocycles. The molecule has 1 atom stereocenters. The van der Waals surface area contributed by atoms with Gasteiger partial charge in [0, 0.05) is 32.2 Å². The van der Waals surface area contributed by atoms with Crippen LogP contribution in [0.3, 0.4) is 0 Å². The van der Waals surface area contributed by atoms with Crippen LogP contribution in [0.15, 0.2) is 0 Å². The summed E-state index contributed by atoms with van der Waals surface area (Å²) in [4.78, 5) is 5.06. The molecular weight excluding hydrogens is 246 g/mol. The van der Waals surface area contributed by atoms with Gasteiger partial charge in [-0.3, -0.25) is 0 Å². The van der Waals surface area contributed by atoms with E-state index < -0.39 is 0 Å². The molecule has 0 amide bonds. The number of hydrogen-bond acceptors (Lipinski definition) is 3. The minimum absolute atomic E-state index is 0.580. The van der Waals surface area contributed by atoms with Crippen LogP contribution in [0.2, 0.25) is 0 Å². The van der Waals surface area contributed by atoms with E-state index in [1.807, 2.05) is 0 Å². The first-order valence-corrected chi connectivity index (χ1v) is 8.69. The smallest absolute Gasteiger partial charge is 0.0110 e. The maximum absolute atomic E-state index is 3.81. The normalized spacial score (nSPS) is 29.2. The third kappa shape index (κ3) is 5.71. The zero-order valence-electron chi connectivity index (χ0n) is 14.0. The van der Waals surface area contributed by atoms with Gasteiger partial charge in [-0.15, -0.1) is 0 Å². The van der Waals surface area contributed by atoms with Gasteiger partial charge >= 0.3 is 0 Å². The lowest BCUT2D eigenvalue weighted by Crippen LogP contribution is -2.45. The van der Waals surface area contributed by atoms with Gasteiger partial charge in [0.05, 0.1) is 0 Å². The second-order valence-electron chi connectivity index (χ2n) is 7.74. The fourth-order valence-corrected chi connectivity index (χ4v) is 3.55. The lowest BCUT2D eigenvalue weighted by Gasteiger charge is -2.32. The highest BCUT2D eigenvalue weighted by atomic mass is 15.2. The Balaban J connectivity index is 1.54. The second kappa shape index (κ2) is 7.77. The number of hydrogen-bond donors (Lipinski definition) is 1. The highest BCUT2D eigenvalue weighted by Crippen LogP contribution is 2.33. The van der Waals surface area contributed by atoms with E-state index in [1.54, 1.807) is 0 Å². The first kappa shape index (κ1) is 16.3. The molecule has 1 saturated heterocycles. The first-order valence-electron chi connectivity index (χ1n) is 8.69. The summed E-state index contributed by atoms with van der Waals surface area (Å²) in [5, 5.41) is 3.81. The minimum Gasteiger partial charge on any atom is -0.314 e. The lowest BCUT2D eigenvalue weighted by atomic mass is 9.85. The van der Waals surface area contributed by atoms with E-state index in [1.165, 1.54) is 77.8 Å². The van der Waals surface area contributed by atoms with Gasteiger partial charge in [0.2, 0.25) is 0 Å². The molecule has 1 heterocycles. The number of rotatable bonds is 5. The van der Waals surface area contributed by atoms with Crippen LogP contribution in [0.1, 0.15) is 52.4 Å². The molecular formula is C17H35N3. The Kier molecular flexibility index (Phi) is 6.31.